The van der Waals surface area contributed by atoms with Crippen molar-refractivity contribution < 1.29 is 4.74 Å². The average molecular weight is 443 g/mol. The third-order valence-corrected chi connectivity index (χ3v) is 6.20. The van der Waals surface area contributed by atoms with Gasteiger partial charge >= 0.3 is 0 Å². The normalized spacial score (nSPS) is 16.7. The fourth-order valence-electron chi connectivity index (χ4n) is 4.73. The first-order valence-electron chi connectivity index (χ1n) is 11.6. The van der Waals surface area contributed by atoms with Crippen molar-refractivity contribution in [2.24, 2.45) is 0 Å². The summed E-state index contributed by atoms with van der Waals surface area (Å²) in [6, 6.07) is 18.6. The van der Waals surface area contributed by atoms with Gasteiger partial charge in [0.05, 0.1) is 12.3 Å². The molecule has 7 nitrogen and oxygen atoms in total. The summed E-state index contributed by atoms with van der Waals surface area (Å²) in [6.07, 6.45) is 5.80. The molecule has 0 spiro atoms. The van der Waals surface area contributed by atoms with Crippen LogP contribution in [0.3, 0.4) is 0 Å². The molecule has 170 valence electrons. The molecule has 5 rings (SSSR count). The summed E-state index contributed by atoms with van der Waals surface area (Å²) in [5.74, 6) is 1.69. The lowest BCUT2D eigenvalue weighted by Crippen LogP contribution is -2.34. The molecule has 33 heavy (non-hydrogen) atoms. The maximum Gasteiger partial charge on any atom is 0.177 e. The molecule has 2 aromatic heterocycles. The summed E-state index contributed by atoms with van der Waals surface area (Å²) in [4.78, 5) is 7.10. The number of nitrogens with one attached hydrogen (secondary N) is 1. The van der Waals surface area contributed by atoms with Crippen molar-refractivity contribution in [3.8, 4) is 5.75 Å². The minimum Gasteiger partial charge on any atom is -0.494 e. The Morgan fingerprint density at radius 3 is 2.73 bits per heavy atom. The van der Waals surface area contributed by atoms with E-state index in [0.29, 0.717) is 12.4 Å². The van der Waals surface area contributed by atoms with Gasteiger partial charge in [0, 0.05) is 42.7 Å². The van der Waals surface area contributed by atoms with Gasteiger partial charge in [-0.1, -0.05) is 30.3 Å². The number of nitrogen functional groups attached to an aromatic ring is 1. The summed E-state index contributed by atoms with van der Waals surface area (Å²) in [7, 11) is 0. The number of ether oxygens (including phenoxy) is 1. The zero-order valence-corrected chi connectivity index (χ0v) is 18.9. The fourth-order valence-corrected chi connectivity index (χ4v) is 4.73. The van der Waals surface area contributed by atoms with Crippen LogP contribution < -0.4 is 15.8 Å². The first-order chi connectivity index (χ1) is 16.2. The van der Waals surface area contributed by atoms with E-state index in [0.717, 1.165) is 60.8 Å². The molecule has 7 heteroatoms. The number of hydrogen-bond acceptors (Lipinski definition) is 6. The Bertz CT molecular complexity index is 1200. The number of piperidine rings is 1. The van der Waals surface area contributed by atoms with Crippen molar-refractivity contribution in [3.63, 3.8) is 0 Å². The third kappa shape index (κ3) is 4.64. The quantitative estimate of drug-likeness (QED) is 0.427. The zero-order valence-electron chi connectivity index (χ0n) is 18.9. The van der Waals surface area contributed by atoms with Gasteiger partial charge in [0.2, 0.25) is 0 Å². The van der Waals surface area contributed by atoms with Crippen molar-refractivity contribution in [1.82, 2.24) is 19.5 Å². The molecule has 0 aliphatic carbocycles. The molecule has 0 saturated carbocycles. The molecule has 0 radical (unpaired) electrons. The zero-order chi connectivity index (χ0) is 22.6. The Kier molecular flexibility index (Phi) is 6.13. The average Bonchev–Trinajstić information content (AvgIpc) is 3.30. The third-order valence-electron chi connectivity index (χ3n) is 6.20. The summed E-state index contributed by atoms with van der Waals surface area (Å²) in [5, 5.41) is 8.21. The molecule has 2 aromatic carbocycles. The van der Waals surface area contributed by atoms with Crippen LogP contribution in [0, 0.1) is 0 Å². The van der Waals surface area contributed by atoms with E-state index < -0.39 is 0 Å². The lowest BCUT2D eigenvalue weighted by molar-refractivity contribution is 0.200. The lowest BCUT2D eigenvalue weighted by atomic mass is 9.89. The molecular formula is C26H30N6O. The van der Waals surface area contributed by atoms with E-state index in [1.165, 1.54) is 5.56 Å². The second kappa shape index (κ2) is 9.50. The second-order valence-corrected chi connectivity index (χ2v) is 8.51. The number of hydrogen-bond donors (Lipinski definition) is 2. The van der Waals surface area contributed by atoms with Gasteiger partial charge in [-0.25, -0.2) is 9.50 Å². The van der Waals surface area contributed by atoms with E-state index in [-0.39, 0.29) is 5.92 Å². The molecule has 1 unspecified atom stereocenters. The SMILES string of the molecule is CCOc1ccc(Nc2c(C3CCCN(Cc4ccccc4)C3)c(N)nn3ccnc23)cc1. The van der Waals surface area contributed by atoms with Gasteiger partial charge < -0.3 is 15.8 Å². The van der Waals surface area contributed by atoms with Crippen LogP contribution in [0.25, 0.3) is 5.65 Å². The van der Waals surface area contributed by atoms with Gasteiger partial charge in [-0.05, 0) is 56.1 Å². The number of nitrogens with zero attached hydrogens (tertiary/aromatic N) is 4. The Morgan fingerprint density at radius 1 is 1.12 bits per heavy atom. The second-order valence-electron chi connectivity index (χ2n) is 8.51. The molecule has 3 N–H and O–H groups in total. The molecule has 1 aliphatic rings. The highest BCUT2D eigenvalue weighted by Crippen LogP contribution is 2.38. The van der Waals surface area contributed by atoms with E-state index in [1.54, 1.807) is 10.7 Å². The molecule has 1 aliphatic heterocycles. The monoisotopic (exact) mass is 442 g/mol. The maximum absolute atomic E-state index is 6.55. The Hall–Kier alpha value is -3.58. The van der Waals surface area contributed by atoms with Crippen molar-refractivity contribution in [3.05, 3.63) is 78.1 Å². The smallest absolute Gasteiger partial charge is 0.177 e. The number of benzene rings is 2. The van der Waals surface area contributed by atoms with Crippen LogP contribution in [0.2, 0.25) is 0 Å². The van der Waals surface area contributed by atoms with Crippen LogP contribution >= 0.6 is 0 Å². The van der Waals surface area contributed by atoms with Crippen molar-refractivity contribution in [2.45, 2.75) is 32.2 Å². The van der Waals surface area contributed by atoms with Crippen molar-refractivity contribution >= 4 is 22.8 Å². The van der Waals surface area contributed by atoms with E-state index >= 15 is 0 Å². The van der Waals surface area contributed by atoms with E-state index in [9.17, 15) is 0 Å². The van der Waals surface area contributed by atoms with E-state index in [1.807, 2.05) is 37.4 Å². The highest BCUT2D eigenvalue weighted by Gasteiger charge is 2.28. The van der Waals surface area contributed by atoms with Gasteiger partial charge in [0.25, 0.3) is 0 Å². The molecule has 0 amide bonds. The van der Waals surface area contributed by atoms with Gasteiger partial charge in [-0.2, -0.15) is 0 Å². The molecule has 1 saturated heterocycles. The van der Waals surface area contributed by atoms with Gasteiger partial charge in [0.1, 0.15) is 11.6 Å². The first-order valence-corrected chi connectivity index (χ1v) is 11.6. The number of imidazole rings is 1. The Labute approximate surface area is 194 Å². The maximum atomic E-state index is 6.55. The molecule has 4 aromatic rings. The molecule has 0 bridgehead atoms. The number of nitrogens with two attached hydrogens (primary N) is 1. The van der Waals surface area contributed by atoms with Crippen LogP contribution in [0.1, 0.15) is 36.8 Å². The summed E-state index contributed by atoms with van der Waals surface area (Å²) in [5.41, 5.74) is 11.6. The van der Waals surface area contributed by atoms with Crippen LogP contribution in [-0.2, 0) is 6.54 Å². The highest BCUT2D eigenvalue weighted by atomic mass is 16.5. The molecule has 1 atom stereocenters. The standard InChI is InChI=1S/C26H30N6O/c1-2-33-22-12-10-21(11-13-22)29-24-23(25(27)30-32-16-14-28-26(24)32)20-9-6-15-31(18-20)17-19-7-4-3-5-8-19/h3-5,7-8,10-14,16,20,29H,2,6,9,15,17-18H2,1H3,(H2,27,30). The number of fused-ring (bicyclic) bond motifs is 1. The summed E-state index contributed by atoms with van der Waals surface area (Å²) < 4.78 is 7.34. The first kappa shape index (κ1) is 21.3. The summed E-state index contributed by atoms with van der Waals surface area (Å²) >= 11 is 0. The van der Waals surface area contributed by atoms with Gasteiger partial charge in [-0.3, -0.25) is 4.90 Å². The Morgan fingerprint density at radius 2 is 1.94 bits per heavy atom. The van der Waals surface area contributed by atoms with Crippen LogP contribution in [0.4, 0.5) is 17.2 Å². The van der Waals surface area contributed by atoms with Gasteiger partial charge in [0.15, 0.2) is 5.65 Å². The number of likely N-dealkylation sites (tertiary alicyclic amines) is 1. The molecular weight excluding hydrogens is 412 g/mol. The lowest BCUT2D eigenvalue weighted by Gasteiger charge is -2.34. The summed E-state index contributed by atoms with van der Waals surface area (Å²) in [6.45, 7) is 5.60. The van der Waals surface area contributed by atoms with E-state index in [2.05, 4.69) is 50.6 Å². The van der Waals surface area contributed by atoms with Crippen molar-refractivity contribution in [2.75, 3.05) is 30.7 Å². The highest BCUT2D eigenvalue weighted by molar-refractivity contribution is 5.80. The minimum atomic E-state index is 0.280. The predicted molar refractivity (Wildman–Crippen MR) is 132 cm³/mol. The molecule has 3 heterocycles. The number of rotatable bonds is 7. The number of aromatic nitrogens is 3. The minimum absolute atomic E-state index is 0.280. The fraction of sp³-hybridized carbons (Fsp3) is 0.308. The largest absolute Gasteiger partial charge is 0.494 e. The van der Waals surface area contributed by atoms with E-state index in [4.69, 9.17) is 10.5 Å². The van der Waals surface area contributed by atoms with Gasteiger partial charge in [-0.15, -0.1) is 5.10 Å². The number of anilines is 3. The van der Waals surface area contributed by atoms with Crippen LogP contribution in [0.5, 0.6) is 5.75 Å². The molecule has 1 fully saturated rings. The topological polar surface area (TPSA) is 80.7 Å². The predicted octanol–water partition coefficient (Wildman–Crippen LogP) is 4.83. The van der Waals surface area contributed by atoms with Crippen molar-refractivity contribution in [1.29, 1.82) is 0 Å². The van der Waals surface area contributed by atoms with Crippen LogP contribution in [0.15, 0.2) is 67.0 Å². The van der Waals surface area contributed by atoms with Crippen LogP contribution in [-0.4, -0.2) is 39.2 Å². The Balaban J connectivity index is 1.46.